The molecule has 116 valence electrons. The van der Waals surface area contributed by atoms with Crippen LogP contribution in [0.15, 0.2) is 0 Å². The maximum Gasteiger partial charge on any atom is 0.307 e. The van der Waals surface area contributed by atoms with Gasteiger partial charge in [-0.2, -0.15) is 0 Å². The Bertz CT molecular complexity index is 332. The molecule has 0 aromatic carbocycles. The number of rotatable bonds is 4. The van der Waals surface area contributed by atoms with E-state index in [1.54, 1.807) is 0 Å². The molecule has 2 unspecified atom stereocenters. The molecule has 0 aromatic heterocycles. The summed E-state index contributed by atoms with van der Waals surface area (Å²) < 4.78 is 0. The molecule has 1 heterocycles. The summed E-state index contributed by atoms with van der Waals surface area (Å²) in [6.07, 6.45) is 7.41. The topological polar surface area (TPSA) is 49.3 Å². The molecule has 1 aliphatic heterocycles. The van der Waals surface area contributed by atoms with E-state index in [-0.39, 0.29) is 5.92 Å². The molecule has 20 heavy (non-hydrogen) atoms. The summed E-state index contributed by atoms with van der Waals surface area (Å²) in [6.45, 7) is 8.79. The summed E-state index contributed by atoms with van der Waals surface area (Å²) >= 11 is 0. The molecule has 0 spiro atoms. The second-order valence-corrected chi connectivity index (χ2v) is 7.64. The van der Waals surface area contributed by atoms with Gasteiger partial charge in [0, 0.05) is 6.54 Å². The highest BCUT2D eigenvalue weighted by Gasteiger charge is 2.36. The zero-order valence-corrected chi connectivity index (χ0v) is 13.3. The molecule has 3 heteroatoms. The van der Waals surface area contributed by atoms with Gasteiger partial charge in [0.25, 0.3) is 0 Å². The van der Waals surface area contributed by atoms with E-state index in [4.69, 9.17) is 0 Å². The van der Waals surface area contributed by atoms with Crippen molar-refractivity contribution < 1.29 is 9.90 Å². The maximum absolute atomic E-state index is 11.2. The minimum atomic E-state index is -0.622. The van der Waals surface area contributed by atoms with Gasteiger partial charge in [0.1, 0.15) is 0 Å². The summed E-state index contributed by atoms with van der Waals surface area (Å²) in [6, 6.07) is 0. The minimum Gasteiger partial charge on any atom is -0.481 e. The Kier molecular flexibility index (Phi) is 5.11. The summed E-state index contributed by atoms with van der Waals surface area (Å²) in [7, 11) is 0. The quantitative estimate of drug-likeness (QED) is 0.828. The van der Waals surface area contributed by atoms with Crippen molar-refractivity contribution in [1.29, 1.82) is 0 Å². The molecule has 1 aliphatic carbocycles. The van der Waals surface area contributed by atoms with Crippen LogP contribution in [0.25, 0.3) is 0 Å². The first-order valence-electron chi connectivity index (χ1n) is 8.37. The number of piperidine rings is 1. The number of carbonyl (C=O) groups is 1. The van der Waals surface area contributed by atoms with Crippen LogP contribution in [0.1, 0.15) is 59.3 Å². The summed E-state index contributed by atoms with van der Waals surface area (Å²) in [4.78, 5) is 11.2. The lowest BCUT2D eigenvalue weighted by molar-refractivity contribution is -0.143. The van der Waals surface area contributed by atoms with Crippen molar-refractivity contribution in [2.75, 3.05) is 13.1 Å². The number of hydrogen-bond donors (Lipinski definition) is 2. The summed E-state index contributed by atoms with van der Waals surface area (Å²) in [5.41, 5.74) is 0.472. The molecule has 0 aromatic rings. The highest BCUT2D eigenvalue weighted by Crippen LogP contribution is 2.44. The van der Waals surface area contributed by atoms with Crippen molar-refractivity contribution in [3.63, 3.8) is 0 Å². The lowest BCUT2D eigenvalue weighted by Crippen LogP contribution is -2.43. The SMILES string of the molecule is CCC(C)(C)C1CCC(C2CNCC(C(=O)O)C2)CC1. The predicted octanol–water partition coefficient (Wildman–Crippen LogP) is 3.54. The molecule has 2 rings (SSSR count). The third-order valence-corrected chi connectivity index (χ3v) is 6.19. The standard InChI is InChI=1S/C17H31NO2/c1-4-17(2,3)15-7-5-12(6-8-15)13-9-14(16(19)20)11-18-10-13/h12-15,18H,4-11H2,1-3H3,(H,19,20). The summed E-state index contributed by atoms with van der Waals surface area (Å²) in [5.74, 6) is 1.39. The van der Waals surface area contributed by atoms with Crippen molar-refractivity contribution in [3.05, 3.63) is 0 Å². The van der Waals surface area contributed by atoms with Crippen molar-refractivity contribution in [1.82, 2.24) is 5.32 Å². The smallest absolute Gasteiger partial charge is 0.307 e. The Morgan fingerprint density at radius 2 is 1.80 bits per heavy atom. The monoisotopic (exact) mass is 281 g/mol. The third-order valence-electron chi connectivity index (χ3n) is 6.19. The van der Waals surface area contributed by atoms with Crippen LogP contribution in [0.4, 0.5) is 0 Å². The number of hydrogen-bond acceptors (Lipinski definition) is 2. The van der Waals surface area contributed by atoms with Gasteiger partial charge in [-0.1, -0.05) is 27.2 Å². The van der Waals surface area contributed by atoms with Gasteiger partial charge < -0.3 is 10.4 Å². The van der Waals surface area contributed by atoms with Gasteiger partial charge >= 0.3 is 5.97 Å². The van der Waals surface area contributed by atoms with E-state index >= 15 is 0 Å². The largest absolute Gasteiger partial charge is 0.481 e. The molecule has 0 radical (unpaired) electrons. The Hall–Kier alpha value is -0.570. The van der Waals surface area contributed by atoms with Crippen LogP contribution in [-0.2, 0) is 4.79 Å². The Morgan fingerprint density at radius 3 is 2.35 bits per heavy atom. The first-order chi connectivity index (χ1) is 9.44. The Morgan fingerprint density at radius 1 is 1.15 bits per heavy atom. The van der Waals surface area contributed by atoms with Crippen LogP contribution < -0.4 is 5.32 Å². The van der Waals surface area contributed by atoms with E-state index in [0.29, 0.717) is 17.9 Å². The van der Waals surface area contributed by atoms with Gasteiger partial charge in [0.2, 0.25) is 0 Å². The zero-order chi connectivity index (χ0) is 14.8. The van der Waals surface area contributed by atoms with E-state index in [1.165, 1.54) is 32.1 Å². The van der Waals surface area contributed by atoms with Crippen LogP contribution in [0, 0.1) is 29.1 Å². The molecule has 1 saturated carbocycles. The average Bonchev–Trinajstić information content (AvgIpc) is 2.47. The molecule has 1 saturated heterocycles. The Balaban J connectivity index is 1.86. The van der Waals surface area contributed by atoms with E-state index in [2.05, 4.69) is 26.1 Å². The number of carboxylic acid groups (broad SMARTS) is 1. The van der Waals surface area contributed by atoms with Crippen LogP contribution in [0.5, 0.6) is 0 Å². The van der Waals surface area contributed by atoms with Crippen LogP contribution in [-0.4, -0.2) is 24.2 Å². The van der Waals surface area contributed by atoms with Crippen molar-refractivity contribution in [2.45, 2.75) is 59.3 Å². The predicted molar refractivity (Wildman–Crippen MR) is 81.6 cm³/mol. The Labute approximate surface area is 123 Å². The fraction of sp³-hybridized carbons (Fsp3) is 0.941. The second kappa shape index (κ2) is 6.46. The lowest BCUT2D eigenvalue weighted by atomic mass is 9.64. The van der Waals surface area contributed by atoms with Crippen LogP contribution >= 0.6 is 0 Å². The van der Waals surface area contributed by atoms with Gasteiger partial charge in [0.05, 0.1) is 5.92 Å². The first kappa shape index (κ1) is 15.8. The fourth-order valence-corrected chi connectivity index (χ4v) is 4.18. The van der Waals surface area contributed by atoms with Gasteiger partial charge in [0.15, 0.2) is 0 Å². The molecular weight excluding hydrogens is 250 g/mol. The van der Waals surface area contributed by atoms with E-state index < -0.39 is 5.97 Å². The third kappa shape index (κ3) is 3.55. The molecule has 0 amide bonds. The van der Waals surface area contributed by atoms with Crippen molar-refractivity contribution in [2.24, 2.45) is 29.1 Å². The molecule has 2 fully saturated rings. The molecule has 0 bridgehead atoms. The van der Waals surface area contributed by atoms with Crippen LogP contribution in [0.3, 0.4) is 0 Å². The number of aliphatic carboxylic acids is 1. The van der Waals surface area contributed by atoms with E-state index in [9.17, 15) is 9.90 Å². The number of nitrogens with one attached hydrogen (secondary N) is 1. The van der Waals surface area contributed by atoms with Crippen molar-refractivity contribution >= 4 is 5.97 Å². The maximum atomic E-state index is 11.2. The van der Waals surface area contributed by atoms with Gasteiger partial charge in [-0.3, -0.25) is 4.79 Å². The molecule has 2 N–H and O–H groups in total. The molecule has 3 nitrogen and oxygen atoms in total. The van der Waals surface area contributed by atoms with Gasteiger partial charge in [-0.25, -0.2) is 0 Å². The second-order valence-electron chi connectivity index (χ2n) is 7.64. The van der Waals surface area contributed by atoms with Gasteiger partial charge in [-0.15, -0.1) is 0 Å². The highest BCUT2D eigenvalue weighted by molar-refractivity contribution is 5.70. The first-order valence-corrected chi connectivity index (χ1v) is 8.37. The highest BCUT2D eigenvalue weighted by atomic mass is 16.4. The van der Waals surface area contributed by atoms with Gasteiger partial charge in [-0.05, 0) is 61.8 Å². The zero-order valence-electron chi connectivity index (χ0n) is 13.3. The van der Waals surface area contributed by atoms with Crippen LogP contribution in [0.2, 0.25) is 0 Å². The lowest BCUT2D eigenvalue weighted by Gasteiger charge is -2.42. The molecular formula is C17H31NO2. The normalized spacial score (nSPS) is 35.8. The average molecular weight is 281 g/mol. The van der Waals surface area contributed by atoms with E-state index in [0.717, 1.165) is 24.8 Å². The van der Waals surface area contributed by atoms with Crippen molar-refractivity contribution in [3.8, 4) is 0 Å². The summed E-state index contributed by atoms with van der Waals surface area (Å²) in [5, 5.41) is 12.5. The number of carboxylic acids is 1. The fourth-order valence-electron chi connectivity index (χ4n) is 4.18. The molecule has 2 atom stereocenters. The van der Waals surface area contributed by atoms with E-state index in [1.807, 2.05) is 0 Å². The minimum absolute atomic E-state index is 0.168. The molecule has 2 aliphatic rings.